The molecular weight excluding hydrogens is 270 g/mol. The number of carbonyl (C=O) groups is 1. The van der Waals surface area contributed by atoms with E-state index in [0.29, 0.717) is 17.9 Å². The summed E-state index contributed by atoms with van der Waals surface area (Å²) < 4.78 is 37.4. The maximum absolute atomic E-state index is 13.7. The first-order valence-electron chi connectivity index (χ1n) is 5.55. The highest BCUT2D eigenvalue weighted by Gasteiger charge is 2.16. The monoisotopic (exact) mass is 280 g/mol. The van der Waals surface area contributed by atoms with Crippen molar-refractivity contribution in [2.24, 2.45) is 0 Å². The number of carboxylic acids is 1. The van der Waals surface area contributed by atoms with Crippen molar-refractivity contribution in [3.05, 3.63) is 53.6 Å². The minimum Gasteiger partial charge on any atom is -0.497 e. The smallest absolute Gasteiger partial charge is 0.335 e. The molecule has 2 aromatic carbocycles. The molecule has 0 saturated carbocycles. The molecule has 0 fully saturated rings. The second-order valence-electron chi connectivity index (χ2n) is 3.86. The fourth-order valence-corrected chi connectivity index (χ4v) is 1.56. The summed E-state index contributed by atoms with van der Waals surface area (Å²) in [6, 6.07) is 7.57. The van der Waals surface area contributed by atoms with Gasteiger partial charge in [-0.25, -0.2) is 13.6 Å². The van der Waals surface area contributed by atoms with Crippen molar-refractivity contribution in [2.45, 2.75) is 0 Å². The Labute approximate surface area is 113 Å². The van der Waals surface area contributed by atoms with Crippen LogP contribution in [0.3, 0.4) is 0 Å². The first kappa shape index (κ1) is 13.8. The fraction of sp³-hybridized carbons (Fsp3) is 0.0714. The highest BCUT2D eigenvalue weighted by molar-refractivity contribution is 5.87. The highest BCUT2D eigenvalue weighted by atomic mass is 19.1. The summed E-state index contributed by atoms with van der Waals surface area (Å²) >= 11 is 0. The second kappa shape index (κ2) is 5.56. The van der Waals surface area contributed by atoms with E-state index in [4.69, 9.17) is 14.6 Å². The lowest BCUT2D eigenvalue weighted by atomic mass is 10.2. The van der Waals surface area contributed by atoms with E-state index >= 15 is 0 Å². The Balaban J connectivity index is 2.36. The summed E-state index contributed by atoms with van der Waals surface area (Å²) in [6.07, 6.45) is 0. The molecule has 6 heteroatoms. The Morgan fingerprint density at radius 1 is 1.10 bits per heavy atom. The molecule has 0 bridgehead atoms. The molecule has 2 aromatic rings. The molecule has 0 spiro atoms. The Morgan fingerprint density at radius 3 is 2.25 bits per heavy atom. The van der Waals surface area contributed by atoms with E-state index in [-0.39, 0.29) is 5.75 Å². The molecule has 0 heterocycles. The van der Waals surface area contributed by atoms with Crippen LogP contribution in [0.5, 0.6) is 17.2 Å². The van der Waals surface area contributed by atoms with E-state index in [0.717, 1.165) is 0 Å². The third-order valence-corrected chi connectivity index (χ3v) is 2.51. The molecule has 2 rings (SSSR count). The summed E-state index contributed by atoms with van der Waals surface area (Å²) in [5.74, 6) is -3.63. The van der Waals surface area contributed by atoms with Crippen LogP contribution in [-0.2, 0) is 0 Å². The first-order chi connectivity index (χ1) is 9.51. The zero-order chi connectivity index (χ0) is 14.7. The van der Waals surface area contributed by atoms with Crippen molar-refractivity contribution in [1.82, 2.24) is 0 Å². The van der Waals surface area contributed by atoms with Gasteiger partial charge in [0.1, 0.15) is 11.5 Å². The van der Waals surface area contributed by atoms with Gasteiger partial charge in [-0.3, -0.25) is 0 Å². The van der Waals surface area contributed by atoms with E-state index in [1.165, 1.54) is 19.2 Å². The van der Waals surface area contributed by atoms with Crippen molar-refractivity contribution in [2.75, 3.05) is 7.11 Å². The van der Waals surface area contributed by atoms with Gasteiger partial charge in [0.05, 0.1) is 12.7 Å². The van der Waals surface area contributed by atoms with Gasteiger partial charge in [0, 0.05) is 6.07 Å². The summed E-state index contributed by atoms with van der Waals surface area (Å²) in [6.45, 7) is 0. The van der Waals surface area contributed by atoms with Crippen LogP contribution in [0.1, 0.15) is 10.4 Å². The van der Waals surface area contributed by atoms with Gasteiger partial charge < -0.3 is 14.6 Å². The molecule has 0 aliphatic rings. The van der Waals surface area contributed by atoms with Crippen molar-refractivity contribution in [3.8, 4) is 17.2 Å². The molecule has 0 aromatic heterocycles. The summed E-state index contributed by atoms with van der Waals surface area (Å²) in [7, 11) is 1.45. The van der Waals surface area contributed by atoms with Gasteiger partial charge in [-0.2, -0.15) is 0 Å². The van der Waals surface area contributed by atoms with Gasteiger partial charge in [0.15, 0.2) is 17.4 Å². The van der Waals surface area contributed by atoms with Gasteiger partial charge in [0.25, 0.3) is 0 Å². The lowest BCUT2D eigenvalue weighted by molar-refractivity contribution is 0.0695. The quantitative estimate of drug-likeness (QED) is 0.931. The number of rotatable bonds is 4. The van der Waals surface area contributed by atoms with Crippen LogP contribution in [0.2, 0.25) is 0 Å². The average Bonchev–Trinajstić information content (AvgIpc) is 2.42. The van der Waals surface area contributed by atoms with Crippen molar-refractivity contribution in [3.63, 3.8) is 0 Å². The van der Waals surface area contributed by atoms with Gasteiger partial charge in [0.2, 0.25) is 0 Å². The fourth-order valence-electron chi connectivity index (χ4n) is 1.56. The second-order valence-corrected chi connectivity index (χ2v) is 3.86. The number of aromatic carboxylic acids is 1. The Morgan fingerprint density at radius 2 is 1.70 bits per heavy atom. The van der Waals surface area contributed by atoms with Crippen LogP contribution in [0.4, 0.5) is 8.78 Å². The van der Waals surface area contributed by atoms with Crippen LogP contribution in [0, 0.1) is 11.6 Å². The standard InChI is InChI=1S/C14H10F2O4/c1-19-9-3-2-4-10(7-9)20-13-11(15)5-8(14(17)18)6-12(13)16/h2-7H,1H3,(H,17,18). The minimum atomic E-state index is -1.42. The van der Waals surface area contributed by atoms with E-state index in [1.807, 2.05) is 0 Å². The van der Waals surface area contributed by atoms with Crippen LogP contribution < -0.4 is 9.47 Å². The van der Waals surface area contributed by atoms with Gasteiger partial charge in [-0.15, -0.1) is 0 Å². The number of benzene rings is 2. The van der Waals surface area contributed by atoms with Crippen LogP contribution in [-0.4, -0.2) is 18.2 Å². The van der Waals surface area contributed by atoms with Crippen LogP contribution >= 0.6 is 0 Å². The largest absolute Gasteiger partial charge is 0.497 e. The number of ether oxygens (including phenoxy) is 2. The van der Waals surface area contributed by atoms with Gasteiger partial charge in [-0.1, -0.05) is 6.07 Å². The normalized spacial score (nSPS) is 10.2. The van der Waals surface area contributed by atoms with Crippen LogP contribution in [0.15, 0.2) is 36.4 Å². The molecule has 1 N–H and O–H groups in total. The maximum Gasteiger partial charge on any atom is 0.335 e. The molecule has 0 saturated heterocycles. The zero-order valence-corrected chi connectivity index (χ0v) is 10.4. The molecular formula is C14H10F2O4. The molecule has 0 amide bonds. The third kappa shape index (κ3) is 2.85. The van der Waals surface area contributed by atoms with Gasteiger partial charge >= 0.3 is 5.97 Å². The predicted molar refractivity (Wildman–Crippen MR) is 66.4 cm³/mol. The van der Waals surface area contributed by atoms with Crippen molar-refractivity contribution < 1.29 is 28.2 Å². The summed E-state index contributed by atoms with van der Waals surface area (Å²) in [5, 5.41) is 8.69. The topological polar surface area (TPSA) is 55.8 Å². The number of halogens is 2. The minimum absolute atomic E-state index is 0.172. The summed E-state index contributed by atoms with van der Waals surface area (Å²) in [4.78, 5) is 10.7. The van der Waals surface area contributed by atoms with Crippen LogP contribution in [0.25, 0.3) is 0 Å². The van der Waals surface area contributed by atoms with Gasteiger partial charge in [-0.05, 0) is 24.3 Å². The third-order valence-electron chi connectivity index (χ3n) is 2.51. The van der Waals surface area contributed by atoms with E-state index in [1.54, 1.807) is 12.1 Å². The zero-order valence-electron chi connectivity index (χ0n) is 10.4. The molecule has 20 heavy (non-hydrogen) atoms. The van der Waals surface area contributed by atoms with E-state index < -0.39 is 28.9 Å². The first-order valence-corrected chi connectivity index (χ1v) is 5.55. The average molecular weight is 280 g/mol. The van der Waals surface area contributed by atoms with E-state index in [9.17, 15) is 13.6 Å². The number of hydrogen-bond acceptors (Lipinski definition) is 3. The van der Waals surface area contributed by atoms with Crippen molar-refractivity contribution >= 4 is 5.97 Å². The Bertz CT molecular complexity index is 632. The number of carboxylic acid groups (broad SMARTS) is 1. The lowest BCUT2D eigenvalue weighted by Crippen LogP contribution is -2.01. The SMILES string of the molecule is COc1cccc(Oc2c(F)cc(C(=O)O)cc2F)c1. The van der Waals surface area contributed by atoms with Crippen molar-refractivity contribution in [1.29, 1.82) is 0 Å². The number of methoxy groups -OCH3 is 1. The number of hydrogen-bond donors (Lipinski definition) is 1. The summed E-state index contributed by atoms with van der Waals surface area (Å²) in [5.41, 5.74) is -0.488. The molecule has 0 unspecified atom stereocenters. The molecule has 0 aliphatic carbocycles. The molecule has 0 aliphatic heterocycles. The molecule has 4 nitrogen and oxygen atoms in total. The molecule has 104 valence electrons. The predicted octanol–water partition coefficient (Wildman–Crippen LogP) is 3.46. The Hall–Kier alpha value is -2.63. The lowest BCUT2D eigenvalue weighted by Gasteiger charge is -2.09. The highest BCUT2D eigenvalue weighted by Crippen LogP contribution is 2.30. The molecule has 0 atom stereocenters. The maximum atomic E-state index is 13.7. The molecule has 0 radical (unpaired) electrons. The Kier molecular flexibility index (Phi) is 3.84. The van der Waals surface area contributed by atoms with E-state index in [2.05, 4.69) is 0 Å².